The number of halogens is 1. The number of benzene rings is 3. The van der Waals surface area contributed by atoms with Crippen LogP contribution >= 0.6 is 11.6 Å². The molecule has 4 nitrogen and oxygen atoms in total. The van der Waals surface area contributed by atoms with E-state index in [0.717, 1.165) is 60.1 Å². The molecule has 0 atom stereocenters. The maximum absolute atomic E-state index is 12.4. The normalized spacial score (nSPS) is 14.9. The van der Waals surface area contributed by atoms with E-state index in [2.05, 4.69) is 58.6 Å². The fourth-order valence-corrected chi connectivity index (χ4v) is 4.07. The first-order valence-electron chi connectivity index (χ1n) is 11.2. The van der Waals surface area contributed by atoms with Crippen LogP contribution in [0, 0.1) is 0 Å². The van der Waals surface area contributed by atoms with Gasteiger partial charge in [-0.15, -0.1) is 0 Å². The van der Waals surface area contributed by atoms with Crippen LogP contribution in [0.3, 0.4) is 0 Å². The first-order chi connectivity index (χ1) is 15.5. The molecule has 0 aliphatic carbocycles. The highest BCUT2D eigenvalue weighted by Crippen LogP contribution is 2.22. The molecule has 1 N–H and O–H groups in total. The largest absolute Gasteiger partial charge is 0.326 e. The zero-order valence-corrected chi connectivity index (χ0v) is 19.3. The van der Waals surface area contributed by atoms with Crippen LogP contribution in [0.25, 0.3) is 11.1 Å². The van der Waals surface area contributed by atoms with Crippen molar-refractivity contribution < 1.29 is 4.79 Å². The van der Waals surface area contributed by atoms with Crippen molar-refractivity contribution in [1.82, 2.24) is 9.80 Å². The number of carbonyl (C=O) groups excluding carboxylic acids is 1. The number of nitrogens with zero attached hydrogens (tertiary/aromatic N) is 2. The van der Waals surface area contributed by atoms with Crippen LogP contribution in [0.4, 0.5) is 5.69 Å². The van der Waals surface area contributed by atoms with Gasteiger partial charge < -0.3 is 10.2 Å². The van der Waals surface area contributed by atoms with Crippen LogP contribution in [0.1, 0.15) is 17.5 Å². The molecule has 166 valence electrons. The number of likely N-dealkylation sites (N-methyl/N-ethyl adjacent to an activating group) is 1. The van der Waals surface area contributed by atoms with Gasteiger partial charge in [-0.05, 0) is 60.0 Å². The summed E-state index contributed by atoms with van der Waals surface area (Å²) in [6.45, 7) is 5.43. The molecule has 1 fully saturated rings. The van der Waals surface area contributed by atoms with Crippen molar-refractivity contribution in [2.24, 2.45) is 0 Å². The third-order valence-corrected chi connectivity index (χ3v) is 6.26. The fraction of sp³-hybridized carbons (Fsp3) is 0.296. The van der Waals surface area contributed by atoms with E-state index in [0.29, 0.717) is 12.8 Å². The van der Waals surface area contributed by atoms with E-state index in [-0.39, 0.29) is 5.91 Å². The van der Waals surface area contributed by atoms with Crippen LogP contribution in [-0.4, -0.2) is 48.9 Å². The van der Waals surface area contributed by atoms with Crippen LogP contribution in [0.15, 0.2) is 72.8 Å². The van der Waals surface area contributed by atoms with Gasteiger partial charge in [-0.2, -0.15) is 0 Å². The number of rotatable bonds is 7. The molecule has 1 amide bonds. The zero-order chi connectivity index (χ0) is 22.3. The molecule has 4 rings (SSSR count). The molecular weight excluding hydrogens is 418 g/mol. The third kappa shape index (κ3) is 6.42. The van der Waals surface area contributed by atoms with Crippen molar-refractivity contribution in [1.29, 1.82) is 0 Å². The number of nitrogens with one attached hydrogen (secondary N) is 1. The Morgan fingerprint density at radius 2 is 1.38 bits per heavy atom. The lowest BCUT2D eigenvalue weighted by atomic mass is 10.0. The summed E-state index contributed by atoms with van der Waals surface area (Å²) in [4.78, 5) is 17.2. The highest BCUT2D eigenvalue weighted by Gasteiger charge is 2.13. The number of piperazine rings is 1. The zero-order valence-electron chi connectivity index (χ0n) is 18.6. The molecule has 0 saturated carbocycles. The molecule has 1 saturated heterocycles. The maximum atomic E-state index is 12.4. The van der Waals surface area contributed by atoms with E-state index >= 15 is 0 Å². The molecule has 1 heterocycles. The Morgan fingerprint density at radius 3 is 2.00 bits per heavy atom. The predicted octanol–water partition coefficient (Wildman–Crippen LogP) is 5.33. The summed E-state index contributed by atoms with van der Waals surface area (Å²) in [5.74, 6) is 0.0404. The summed E-state index contributed by atoms with van der Waals surface area (Å²) < 4.78 is 0. The summed E-state index contributed by atoms with van der Waals surface area (Å²) in [5, 5.41) is 3.76. The van der Waals surface area contributed by atoms with Gasteiger partial charge in [-0.25, -0.2) is 0 Å². The third-order valence-electron chi connectivity index (χ3n) is 6.01. The Balaban J connectivity index is 1.23. The fourth-order valence-electron chi connectivity index (χ4n) is 3.95. The highest BCUT2D eigenvalue weighted by molar-refractivity contribution is 6.30. The molecule has 32 heavy (non-hydrogen) atoms. The molecular formula is C27H30ClN3O. The van der Waals surface area contributed by atoms with Gasteiger partial charge in [0.05, 0.1) is 0 Å². The molecule has 0 unspecified atom stereocenters. The van der Waals surface area contributed by atoms with E-state index in [1.807, 2.05) is 36.4 Å². The Kier molecular flexibility index (Phi) is 7.59. The lowest BCUT2D eigenvalue weighted by molar-refractivity contribution is -0.116. The second-order valence-electron chi connectivity index (χ2n) is 8.53. The van der Waals surface area contributed by atoms with Crippen molar-refractivity contribution in [2.75, 3.05) is 38.5 Å². The van der Waals surface area contributed by atoms with E-state index in [9.17, 15) is 4.79 Å². The Bertz CT molecular complexity index is 1010. The number of amides is 1. The number of aryl methyl sites for hydroxylation is 1. The van der Waals surface area contributed by atoms with Crippen molar-refractivity contribution in [3.05, 3.63) is 88.9 Å². The second kappa shape index (κ2) is 10.8. The molecule has 3 aromatic rings. The van der Waals surface area contributed by atoms with E-state index in [1.54, 1.807) is 0 Å². The van der Waals surface area contributed by atoms with Crippen molar-refractivity contribution in [2.45, 2.75) is 19.4 Å². The van der Waals surface area contributed by atoms with Gasteiger partial charge in [-0.1, -0.05) is 60.1 Å². The lowest BCUT2D eigenvalue weighted by Gasteiger charge is -2.32. The second-order valence-corrected chi connectivity index (χ2v) is 8.96. The minimum absolute atomic E-state index is 0.0404. The lowest BCUT2D eigenvalue weighted by Crippen LogP contribution is -2.43. The maximum Gasteiger partial charge on any atom is 0.224 e. The average molecular weight is 448 g/mol. The van der Waals surface area contributed by atoms with Crippen LogP contribution in [0.2, 0.25) is 5.02 Å². The van der Waals surface area contributed by atoms with E-state index < -0.39 is 0 Å². The van der Waals surface area contributed by atoms with Crippen LogP contribution < -0.4 is 5.32 Å². The molecule has 1 aliphatic rings. The highest BCUT2D eigenvalue weighted by atomic mass is 35.5. The summed E-state index contributed by atoms with van der Waals surface area (Å²) in [6.07, 6.45) is 1.18. The minimum Gasteiger partial charge on any atom is -0.326 e. The van der Waals surface area contributed by atoms with Gasteiger partial charge in [0.25, 0.3) is 0 Å². The number of carbonyl (C=O) groups is 1. The van der Waals surface area contributed by atoms with Gasteiger partial charge in [0, 0.05) is 49.9 Å². The molecule has 5 heteroatoms. The van der Waals surface area contributed by atoms with E-state index in [1.165, 1.54) is 5.56 Å². The smallest absolute Gasteiger partial charge is 0.224 e. The topological polar surface area (TPSA) is 35.6 Å². The van der Waals surface area contributed by atoms with E-state index in [4.69, 9.17) is 11.6 Å². The molecule has 0 bridgehead atoms. The standard InChI is InChI=1S/C27H30ClN3O/c1-30-16-18-31(19-17-30)20-22-4-13-26(14-5-22)29-27(32)15-6-21-2-7-23(8-3-21)24-9-11-25(28)12-10-24/h2-5,7-14H,6,15-20H2,1H3,(H,29,32). The van der Waals surface area contributed by atoms with Gasteiger partial charge in [0.1, 0.15) is 0 Å². The Labute approximate surface area is 195 Å². The number of hydrogen-bond acceptors (Lipinski definition) is 3. The molecule has 0 spiro atoms. The van der Waals surface area contributed by atoms with Crippen LogP contribution in [-0.2, 0) is 17.8 Å². The van der Waals surface area contributed by atoms with Gasteiger partial charge in [-0.3, -0.25) is 9.69 Å². The summed E-state index contributed by atoms with van der Waals surface area (Å²) >= 11 is 5.96. The number of hydrogen-bond donors (Lipinski definition) is 1. The summed E-state index contributed by atoms with van der Waals surface area (Å²) in [7, 11) is 2.17. The van der Waals surface area contributed by atoms with Crippen molar-refractivity contribution in [3.8, 4) is 11.1 Å². The predicted molar refractivity (Wildman–Crippen MR) is 133 cm³/mol. The van der Waals surface area contributed by atoms with Gasteiger partial charge in [0.2, 0.25) is 5.91 Å². The molecule has 1 aliphatic heterocycles. The van der Waals surface area contributed by atoms with Crippen molar-refractivity contribution >= 4 is 23.2 Å². The Hall–Kier alpha value is -2.66. The SMILES string of the molecule is CN1CCN(Cc2ccc(NC(=O)CCc3ccc(-c4ccc(Cl)cc4)cc3)cc2)CC1. The summed E-state index contributed by atoms with van der Waals surface area (Å²) in [6, 6.07) is 24.4. The van der Waals surface area contributed by atoms with Gasteiger partial charge in [0.15, 0.2) is 0 Å². The van der Waals surface area contributed by atoms with Crippen molar-refractivity contribution in [3.63, 3.8) is 0 Å². The average Bonchev–Trinajstić information content (AvgIpc) is 2.81. The molecule has 0 aromatic heterocycles. The van der Waals surface area contributed by atoms with Crippen LogP contribution in [0.5, 0.6) is 0 Å². The first-order valence-corrected chi connectivity index (χ1v) is 11.6. The number of anilines is 1. The van der Waals surface area contributed by atoms with Gasteiger partial charge >= 0.3 is 0 Å². The Morgan fingerprint density at radius 1 is 0.812 bits per heavy atom. The molecule has 3 aromatic carbocycles. The quantitative estimate of drug-likeness (QED) is 0.532. The summed E-state index contributed by atoms with van der Waals surface area (Å²) in [5.41, 5.74) is 5.57. The first kappa shape index (κ1) is 22.5. The molecule has 0 radical (unpaired) electrons. The monoisotopic (exact) mass is 447 g/mol. The minimum atomic E-state index is 0.0404.